The molecule has 1 aromatic heterocycles. The summed E-state index contributed by atoms with van der Waals surface area (Å²) in [5.74, 6) is -2.06. The molecule has 0 unspecified atom stereocenters. The lowest BCUT2D eigenvalue weighted by Crippen LogP contribution is -2.44. The quantitative estimate of drug-likeness (QED) is 0.730. The lowest BCUT2D eigenvalue weighted by Gasteiger charge is -2.17. The largest absolute Gasteiger partial charge is 0.480 e. The summed E-state index contributed by atoms with van der Waals surface area (Å²) in [6.45, 7) is 4.89. The Morgan fingerprint density at radius 3 is 2.30 bits per heavy atom. The van der Waals surface area contributed by atoms with Gasteiger partial charge in [-0.3, -0.25) is 4.79 Å². The predicted octanol–water partition coefficient (Wildman–Crippen LogP) is 0.543. The van der Waals surface area contributed by atoms with E-state index in [0.29, 0.717) is 5.56 Å². The summed E-state index contributed by atoms with van der Waals surface area (Å²) < 4.78 is 22.3. The van der Waals surface area contributed by atoms with Crippen molar-refractivity contribution < 1.29 is 23.1 Å². The summed E-state index contributed by atoms with van der Waals surface area (Å²) in [5, 5.41) is 16.4. The van der Waals surface area contributed by atoms with Crippen LogP contribution in [0.2, 0.25) is 0 Å². The van der Waals surface area contributed by atoms with E-state index >= 15 is 0 Å². The summed E-state index contributed by atoms with van der Waals surface area (Å²) in [6, 6.07) is 0.252. The third-order valence-electron chi connectivity index (χ3n) is 2.60. The predicted molar refractivity (Wildman–Crippen MR) is 74.2 cm³/mol. The van der Waals surface area contributed by atoms with Crippen molar-refractivity contribution in [1.82, 2.24) is 5.32 Å². The number of nitrogens with one attached hydrogen (secondary N) is 1. The fourth-order valence-electron chi connectivity index (χ4n) is 1.54. The van der Waals surface area contributed by atoms with Gasteiger partial charge >= 0.3 is 5.97 Å². The number of amides is 1. The molecular formula is C11H16N2O5S2. The van der Waals surface area contributed by atoms with Crippen molar-refractivity contribution in [3.8, 4) is 0 Å². The molecule has 0 radical (unpaired) electrons. The van der Waals surface area contributed by atoms with Gasteiger partial charge in [0.25, 0.3) is 5.91 Å². The Balaban J connectivity index is 3.04. The van der Waals surface area contributed by atoms with Crippen molar-refractivity contribution in [3.05, 3.63) is 16.5 Å². The number of hydrogen-bond donors (Lipinski definition) is 3. The van der Waals surface area contributed by atoms with Gasteiger partial charge in [-0.05, 0) is 24.5 Å². The van der Waals surface area contributed by atoms with Crippen molar-refractivity contribution in [2.75, 3.05) is 0 Å². The fourth-order valence-corrected chi connectivity index (χ4v) is 3.40. The van der Waals surface area contributed by atoms with Gasteiger partial charge in [0.2, 0.25) is 10.0 Å². The zero-order chi connectivity index (χ0) is 15.7. The molecule has 112 valence electrons. The van der Waals surface area contributed by atoms with Crippen LogP contribution in [-0.2, 0) is 14.8 Å². The fraction of sp³-hybridized carbons (Fsp3) is 0.455. The number of nitrogens with two attached hydrogens (primary N) is 1. The number of carbonyl (C=O) groups excluding carboxylic acids is 1. The zero-order valence-electron chi connectivity index (χ0n) is 11.2. The van der Waals surface area contributed by atoms with Crippen LogP contribution in [0.1, 0.15) is 29.1 Å². The van der Waals surface area contributed by atoms with Gasteiger partial charge in [-0.15, -0.1) is 11.3 Å². The third-order valence-corrected chi connectivity index (χ3v) is 5.26. The van der Waals surface area contributed by atoms with E-state index in [2.05, 4.69) is 5.32 Å². The monoisotopic (exact) mass is 320 g/mol. The number of aryl methyl sites for hydroxylation is 1. The van der Waals surface area contributed by atoms with Crippen LogP contribution in [0.25, 0.3) is 0 Å². The Morgan fingerprint density at radius 2 is 1.95 bits per heavy atom. The molecule has 20 heavy (non-hydrogen) atoms. The molecule has 0 aliphatic carbocycles. The van der Waals surface area contributed by atoms with E-state index in [9.17, 15) is 18.0 Å². The van der Waals surface area contributed by atoms with Crippen LogP contribution in [0.15, 0.2) is 10.3 Å². The average molecular weight is 320 g/mol. The minimum atomic E-state index is -3.88. The SMILES string of the molecule is Cc1cc(S(N)(=O)=O)sc1C(=O)N[C@H](C(=O)O)C(C)C. The number of hydrogen-bond acceptors (Lipinski definition) is 5. The molecule has 0 aromatic carbocycles. The number of thiophene rings is 1. The summed E-state index contributed by atoms with van der Waals surface area (Å²) in [6.07, 6.45) is 0. The first-order valence-corrected chi connectivity index (χ1v) is 8.07. The molecule has 1 amide bonds. The molecule has 0 spiro atoms. The van der Waals surface area contributed by atoms with Gasteiger partial charge in [0.15, 0.2) is 0 Å². The Hall–Kier alpha value is -1.45. The number of carbonyl (C=O) groups is 2. The zero-order valence-corrected chi connectivity index (χ0v) is 12.8. The van der Waals surface area contributed by atoms with E-state index in [4.69, 9.17) is 10.2 Å². The maximum atomic E-state index is 12.0. The maximum Gasteiger partial charge on any atom is 0.326 e. The molecule has 0 aliphatic heterocycles. The van der Waals surface area contributed by atoms with Crippen molar-refractivity contribution in [2.24, 2.45) is 11.1 Å². The van der Waals surface area contributed by atoms with Crippen molar-refractivity contribution in [3.63, 3.8) is 0 Å². The van der Waals surface area contributed by atoms with Crippen LogP contribution in [-0.4, -0.2) is 31.4 Å². The number of carboxylic acids is 1. The highest BCUT2D eigenvalue weighted by atomic mass is 32.2. The number of aliphatic carboxylic acids is 1. The second kappa shape index (κ2) is 5.90. The molecule has 1 aromatic rings. The molecule has 1 atom stereocenters. The van der Waals surface area contributed by atoms with Gasteiger partial charge in [0.05, 0.1) is 4.88 Å². The minimum Gasteiger partial charge on any atom is -0.480 e. The second-order valence-corrected chi connectivity index (χ2v) is 7.50. The van der Waals surface area contributed by atoms with Gasteiger partial charge in [-0.2, -0.15) is 0 Å². The van der Waals surface area contributed by atoms with E-state index in [1.54, 1.807) is 20.8 Å². The van der Waals surface area contributed by atoms with Gasteiger partial charge in [-0.25, -0.2) is 18.4 Å². The van der Waals surface area contributed by atoms with E-state index in [0.717, 1.165) is 11.3 Å². The first kappa shape index (κ1) is 16.6. The summed E-state index contributed by atoms with van der Waals surface area (Å²) in [7, 11) is -3.88. The highest BCUT2D eigenvalue weighted by molar-refractivity contribution is 7.91. The van der Waals surface area contributed by atoms with Crippen LogP contribution in [0.4, 0.5) is 0 Å². The first-order chi connectivity index (χ1) is 9.04. The lowest BCUT2D eigenvalue weighted by molar-refractivity contribution is -0.140. The minimum absolute atomic E-state index is 0.128. The summed E-state index contributed by atoms with van der Waals surface area (Å²) in [4.78, 5) is 23.2. The van der Waals surface area contributed by atoms with E-state index in [1.165, 1.54) is 6.07 Å². The summed E-state index contributed by atoms with van der Waals surface area (Å²) >= 11 is 0.722. The first-order valence-electron chi connectivity index (χ1n) is 5.71. The van der Waals surface area contributed by atoms with Gasteiger partial charge in [0.1, 0.15) is 10.3 Å². The number of primary sulfonamides is 1. The lowest BCUT2D eigenvalue weighted by atomic mass is 10.0. The van der Waals surface area contributed by atoms with Gasteiger partial charge in [-0.1, -0.05) is 13.8 Å². The second-order valence-electron chi connectivity index (χ2n) is 4.66. The molecule has 0 aliphatic rings. The van der Waals surface area contributed by atoms with E-state index in [-0.39, 0.29) is 15.0 Å². The standard InChI is InChI=1S/C11H16N2O5S2/c1-5(2)8(11(15)16)13-10(14)9-6(3)4-7(19-9)20(12,17)18/h4-5,8H,1-3H3,(H,13,14)(H,15,16)(H2,12,17,18)/t8-/m0/s1. The van der Waals surface area contributed by atoms with Crippen molar-refractivity contribution in [1.29, 1.82) is 0 Å². The molecule has 7 nitrogen and oxygen atoms in total. The Labute approximate surface area is 120 Å². The highest BCUT2D eigenvalue weighted by Crippen LogP contribution is 2.25. The van der Waals surface area contributed by atoms with E-state index in [1.807, 2.05) is 0 Å². The van der Waals surface area contributed by atoms with E-state index < -0.39 is 27.9 Å². The van der Waals surface area contributed by atoms with Crippen molar-refractivity contribution >= 4 is 33.2 Å². The molecule has 0 bridgehead atoms. The Kier molecular flexibility index (Phi) is 4.90. The highest BCUT2D eigenvalue weighted by Gasteiger charge is 2.26. The van der Waals surface area contributed by atoms with Gasteiger partial charge in [0, 0.05) is 0 Å². The molecule has 4 N–H and O–H groups in total. The summed E-state index contributed by atoms with van der Waals surface area (Å²) in [5.41, 5.74) is 0.435. The topological polar surface area (TPSA) is 127 Å². The molecule has 0 fully saturated rings. The maximum absolute atomic E-state index is 12.0. The molecule has 9 heteroatoms. The van der Waals surface area contributed by atoms with Crippen LogP contribution >= 0.6 is 11.3 Å². The molecule has 0 saturated carbocycles. The average Bonchev–Trinajstić information content (AvgIpc) is 2.66. The molecule has 0 saturated heterocycles. The molecule has 1 rings (SSSR count). The Bertz CT molecular complexity index is 633. The number of sulfonamides is 1. The van der Waals surface area contributed by atoms with Crippen LogP contribution in [0.3, 0.4) is 0 Å². The van der Waals surface area contributed by atoms with Gasteiger partial charge < -0.3 is 10.4 Å². The number of rotatable bonds is 5. The molecule has 1 heterocycles. The number of carboxylic acid groups (broad SMARTS) is 1. The van der Waals surface area contributed by atoms with Crippen LogP contribution in [0.5, 0.6) is 0 Å². The van der Waals surface area contributed by atoms with Crippen LogP contribution < -0.4 is 10.5 Å². The normalized spacial score (nSPS) is 13.2. The Morgan fingerprint density at radius 1 is 1.40 bits per heavy atom. The van der Waals surface area contributed by atoms with Crippen LogP contribution in [0, 0.1) is 12.8 Å². The smallest absolute Gasteiger partial charge is 0.326 e. The van der Waals surface area contributed by atoms with Crippen molar-refractivity contribution in [2.45, 2.75) is 31.0 Å². The third kappa shape index (κ3) is 3.78. The molecular weight excluding hydrogens is 304 g/mol.